The number of amides is 6. The maximum Gasteiger partial charge on any atom is 0.328 e. The van der Waals surface area contributed by atoms with Gasteiger partial charge in [-0.05, 0) is 54.6 Å². The molecule has 0 spiro atoms. The first-order valence-electron chi connectivity index (χ1n) is 20.7. The van der Waals surface area contributed by atoms with Crippen LogP contribution in [0.25, 0.3) is 0 Å². The minimum Gasteiger partial charge on any atom is -0.461 e. The Balaban J connectivity index is 1.90. The van der Waals surface area contributed by atoms with Gasteiger partial charge in [0.2, 0.25) is 23.6 Å². The lowest BCUT2D eigenvalue weighted by Crippen LogP contribution is -2.61. The third-order valence-corrected chi connectivity index (χ3v) is 9.97. The fourth-order valence-electron chi connectivity index (χ4n) is 6.49. The van der Waals surface area contributed by atoms with Gasteiger partial charge in [-0.2, -0.15) is 0 Å². The summed E-state index contributed by atoms with van der Waals surface area (Å²) in [6.45, 7) is 13.7. The van der Waals surface area contributed by atoms with E-state index in [9.17, 15) is 33.6 Å². The maximum absolute atomic E-state index is 14.3. The Labute approximate surface area is 348 Å². The molecule has 0 unspecified atom stereocenters. The summed E-state index contributed by atoms with van der Waals surface area (Å²) in [7, 11) is 0. The van der Waals surface area contributed by atoms with Crippen molar-refractivity contribution in [2.75, 3.05) is 13.1 Å². The lowest BCUT2D eigenvalue weighted by molar-refractivity contribution is -0.150. The Morgan fingerprint density at radius 2 is 1.14 bits per heavy atom. The second kappa shape index (κ2) is 23.8. The lowest BCUT2D eigenvalue weighted by atomic mass is 9.86. The molecule has 1 saturated heterocycles. The number of esters is 2. The van der Waals surface area contributed by atoms with Crippen molar-refractivity contribution in [3.63, 3.8) is 0 Å². The van der Waals surface area contributed by atoms with Crippen LogP contribution in [-0.2, 0) is 51.5 Å². The highest BCUT2D eigenvalue weighted by atomic mass is 16.5. The van der Waals surface area contributed by atoms with E-state index in [4.69, 9.17) is 9.47 Å². The smallest absolute Gasteiger partial charge is 0.328 e. The molecular formula is C44H64N6O9. The highest BCUT2D eigenvalue weighted by Gasteiger charge is 2.38. The summed E-state index contributed by atoms with van der Waals surface area (Å²) in [5.74, 6) is -4.52. The molecule has 15 nitrogen and oxygen atoms in total. The van der Waals surface area contributed by atoms with E-state index < -0.39 is 84.0 Å². The number of carbonyl (C=O) groups excluding carboxylic acids is 7. The molecule has 0 aromatic heterocycles. The van der Waals surface area contributed by atoms with Gasteiger partial charge in [0.25, 0.3) is 0 Å². The molecule has 59 heavy (non-hydrogen) atoms. The first-order valence-corrected chi connectivity index (χ1v) is 20.7. The van der Waals surface area contributed by atoms with Gasteiger partial charge in [0.1, 0.15) is 37.4 Å². The Morgan fingerprint density at radius 3 is 1.64 bits per heavy atom. The molecule has 15 heteroatoms. The number of likely N-dealkylation sites (tertiary alicyclic amines) is 1. The summed E-state index contributed by atoms with van der Waals surface area (Å²) in [6.07, 6.45) is 2.03. The van der Waals surface area contributed by atoms with Gasteiger partial charge in [0, 0.05) is 19.1 Å². The van der Waals surface area contributed by atoms with Crippen LogP contribution in [0.2, 0.25) is 0 Å². The van der Waals surface area contributed by atoms with Crippen LogP contribution < -0.4 is 26.6 Å². The van der Waals surface area contributed by atoms with E-state index in [-0.39, 0.29) is 31.6 Å². The molecule has 0 radical (unpaired) electrons. The van der Waals surface area contributed by atoms with Gasteiger partial charge < -0.3 is 41.0 Å². The Kier molecular flexibility index (Phi) is 19.3. The SMILES string of the molecule is CCC(CC)NC(=O)N[C@H](C(=O)N[C@@H](CC(=O)N1CCCC1)C(=O)N[C@@H](CC(=O)OCc1ccccc1)C(=O)N[C@@H](CC(C)C)C(=O)OCc1ccccc1)C(C)(C)C. The molecule has 6 amide bonds. The van der Waals surface area contributed by atoms with Crippen LogP contribution in [0.4, 0.5) is 4.79 Å². The number of benzene rings is 2. The maximum atomic E-state index is 14.3. The zero-order valence-corrected chi connectivity index (χ0v) is 35.6. The van der Waals surface area contributed by atoms with E-state index in [0.29, 0.717) is 31.5 Å². The molecule has 324 valence electrons. The van der Waals surface area contributed by atoms with Gasteiger partial charge in [-0.15, -0.1) is 0 Å². The van der Waals surface area contributed by atoms with E-state index in [2.05, 4.69) is 26.6 Å². The average molecular weight is 821 g/mol. The van der Waals surface area contributed by atoms with Gasteiger partial charge in [-0.3, -0.25) is 24.0 Å². The van der Waals surface area contributed by atoms with E-state index in [1.807, 2.05) is 39.8 Å². The number of urea groups is 1. The Morgan fingerprint density at radius 1 is 0.644 bits per heavy atom. The first kappa shape index (κ1) is 47.9. The average Bonchev–Trinajstić information content (AvgIpc) is 3.75. The minimum atomic E-state index is -1.59. The summed E-state index contributed by atoms with van der Waals surface area (Å²) < 4.78 is 11.0. The first-order chi connectivity index (χ1) is 28.0. The van der Waals surface area contributed by atoms with Crippen LogP contribution in [0.1, 0.15) is 105 Å². The van der Waals surface area contributed by atoms with Crippen LogP contribution in [0.15, 0.2) is 60.7 Å². The van der Waals surface area contributed by atoms with Gasteiger partial charge >= 0.3 is 18.0 Å². The van der Waals surface area contributed by atoms with Crippen molar-refractivity contribution in [2.45, 2.75) is 137 Å². The topological polar surface area (TPSA) is 201 Å². The molecular weight excluding hydrogens is 757 g/mol. The zero-order chi connectivity index (χ0) is 43.5. The summed E-state index contributed by atoms with van der Waals surface area (Å²) in [5.41, 5.74) is 0.609. The van der Waals surface area contributed by atoms with E-state index in [1.54, 1.807) is 74.2 Å². The summed E-state index contributed by atoms with van der Waals surface area (Å²) in [4.78, 5) is 97.1. The van der Waals surface area contributed by atoms with Crippen LogP contribution in [0, 0.1) is 11.3 Å². The fourth-order valence-corrected chi connectivity index (χ4v) is 6.49. The number of carbonyl (C=O) groups is 7. The summed E-state index contributed by atoms with van der Waals surface area (Å²) in [5, 5.41) is 13.5. The highest BCUT2D eigenvalue weighted by molar-refractivity contribution is 5.98. The molecule has 5 N–H and O–H groups in total. The number of rotatable bonds is 21. The molecule has 1 heterocycles. The largest absolute Gasteiger partial charge is 0.461 e. The number of hydrogen-bond acceptors (Lipinski definition) is 9. The molecule has 3 rings (SSSR count). The molecule has 0 saturated carbocycles. The normalized spacial score (nSPS) is 14.7. The van der Waals surface area contributed by atoms with Crippen molar-refractivity contribution < 1.29 is 43.0 Å². The predicted molar refractivity (Wildman–Crippen MR) is 222 cm³/mol. The van der Waals surface area contributed by atoms with Crippen molar-refractivity contribution in [1.29, 1.82) is 0 Å². The van der Waals surface area contributed by atoms with Gasteiger partial charge in [0.15, 0.2) is 0 Å². The molecule has 2 aromatic rings. The standard InChI is InChI=1S/C44H64N6O9/c1-8-32(9-2)45-43(57)49-38(44(5,6)7)41(55)47-33(25-36(51)50-22-16-17-23-50)39(53)46-34(26-37(52)58-27-30-18-12-10-13-19-30)40(54)48-35(24-29(3)4)42(56)59-28-31-20-14-11-15-21-31/h10-15,18-21,29,32-35,38H,8-9,16-17,22-28H2,1-7H3,(H,46,53)(H,47,55)(H,48,54)(H2,45,49,57)/t33-,34-,35-,38+/m0/s1. The van der Waals surface area contributed by atoms with Gasteiger partial charge in [0.05, 0.1) is 12.8 Å². The zero-order valence-electron chi connectivity index (χ0n) is 35.6. The van der Waals surface area contributed by atoms with Gasteiger partial charge in [-0.1, -0.05) is 109 Å². The van der Waals surface area contributed by atoms with Gasteiger partial charge in [-0.25, -0.2) is 9.59 Å². The van der Waals surface area contributed by atoms with E-state index in [1.165, 1.54) is 0 Å². The van der Waals surface area contributed by atoms with Crippen molar-refractivity contribution in [3.05, 3.63) is 71.8 Å². The van der Waals surface area contributed by atoms with Crippen molar-refractivity contribution in [3.8, 4) is 0 Å². The Hall–Kier alpha value is -5.47. The highest BCUT2D eigenvalue weighted by Crippen LogP contribution is 2.21. The van der Waals surface area contributed by atoms with E-state index in [0.717, 1.165) is 18.4 Å². The summed E-state index contributed by atoms with van der Waals surface area (Å²) in [6, 6.07) is 11.9. The molecule has 2 aromatic carbocycles. The van der Waals surface area contributed by atoms with Crippen LogP contribution >= 0.6 is 0 Å². The van der Waals surface area contributed by atoms with Crippen molar-refractivity contribution in [1.82, 2.24) is 31.5 Å². The van der Waals surface area contributed by atoms with Crippen LogP contribution in [-0.4, -0.2) is 89.8 Å². The quantitative estimate of drug-likeness (QED) is 0.114. The van der Waals surface area contributed by atoms with E-state index >= 15 is 0 Å². The molecule has 4 atom stereocenters. The molecule has 1 aliphatic rings. The second-order valence-corrected chi connectivity index (χ2v) is 16.5. The third kappa shape index (κ3) is 16.7. The number of ether oxygens (including phenoxy) is 2. The third-order valence-electron chi connectivity index (χ3n) is 9.97. The fraction of sp³-hybridized carbons (Fsp3) is 0.568. The molecule has 1 aliphatic heterocycles. The van der Waals surface area contributed by atoms with Crippen LogP contribution in [0.3, 0.4) is 0 Å². The minimum absolute atomic E-state index is 0.0353. The molecule has 1 fully saturated rings. The monoisotopic (exact) mass is 820 g/mol. The predicted octanol–water partition coefficient (Wildman–Crippen LogP) is 4.28. The molecule has 0 aliphatic carbocycles. The summed E-state index contributed by atoms with van der Waals surface area (Å²) >= 11 is 0. The number of nitrogens with zero attached hydrogens (tertiary/aromatic N) is 1. The van der Waals surface area contributed by atoms with Crippen molar-refractivity contribution >= 4 is 41.6 Å². The van der Waals surface area contributed by atoms with Crippen molar-refractivity contribution in [2.24, 2.45) is 11.3 Å². The number of nitrogens with one attached hydrogen (secondary N) is 5. The second-order valence-electron chi connectivity index (χ2n) is 16.5. The molecule has 0 bridgehead atoms. The lowest BCUT2D eigenvalue weighted by Gasteiger charge is -2.32. The number of hydrogen-bond donors (Lipinski definition) is 5. The Bertz CT molecular complexity index is 1690. The van der Waals surface area contributed by atoms with Crippen LogP contribution in [0.5, 0.6) is 0 Å².